The third-order valence-corrected chi connectivity index (χ3v) is 4.24. The SMILES string of the molecule is CN(c1ccccc1)S(=O)(=O)CCCCN. The Bertz CT molecular complexity index is 403. The Morgan fingerprint density at radius 1 is 1.19 bits per heavy atom. The third-order valence-electron chi connectivity index (χ3n) is 2.39. The Morgan fingerprint density at radius 2 is 1.81 bits per heavy atom. The van der Waals surface area contributed by atoms with Crippen LogP contribution in [0.1, 0.15) is 12.8 Å². The maximum absolute atomic E-state index is 11.9. The lowest BCUT2D eigenvalue weighted by Gasteiger charge is -2.19. The number of benzene rings is 1. The molecule has 0 unspecified atom stereocenters. The molecule has 0 fully saturated rings. The van der Waals surface area contributed by atoms with Crippen LogP contribution in [0.4, 0.5) is 5.69 Å². The third kappa shape index (κ3) is 3.50. The van der Waals surface area contributed by atoms with E-state index in [1.807, 2.05) is 18.2 Å². The van der Waals surface area contributed by atoms with Crippen LogP contribution in [-0.2, 0) is 10.0 Å². The van der Waals surface area contributed by atoms with Gasteiger partial charge in [0.05, 0.1) is 11.4 Å². The zero-order valence-corrected chi connectivity index (χ0v) is 10.3. The molecule has 0 spiro atoms. The summed E-state index contributed by atoms with van der Waals surface area (Å²) in [5, 5.41) is 0. The summed E-state index contributed by atoms with van der Waals surface area (Å²) in [5.74, 6) is 0.148. The molecule has 1 rings (SSSR count). The number of anilines is 1. The van der Waals surface area contributed by atoms with Gasteiger partial charge in [-0.1, -0.05) is 18.2 Å². The average molecular weight is 242 g/mol. The van der Waals surface area contributed by atoms with Crippen LogP contribution in [-0.4, -0.2) is 27.8 Å². The summed E-state index contributed by atoms with van der Waals surface area (Å²) in [6.07, 6.45) is 1.35. The zero-order chi connectivity index (χ0) is 12.0. The summed E-state index contributed by atoms with van der Waals surface area (Å²) in [7, 11) is -1.63. The molecule has 0 amide bonds. The number of hydrogen-bond acceptors (Lipinski definition) is 3. The summed E-state index contributed by atoms with van der Waals surface area (Å²) in [6, 6.07) is 9.06. The molecule has 0 heterocycles. The van der Waals surface area contributed by atoms with Crippen LogP contribution < -0.4 is 10.0 Å². The summed E-state index contributed by atoms with van der Waals surface area (Å²) in [4.78, 5) is 0. The van der Waals surface area contributed by atoms with Crippen LogP contribution in [0.2, 0.25) is 0 Å². The van der Waals surface area contributed by atoms with E-state index in [1.165, 1.54) is 4.31 Å². The van der Waals surface area contributed by atoms with Crippen molar-refractivity contribution in [2.24, 2.45) is 5.73 Å². The van der Waals surface area contributed by atoms with Crippen molar-refractivity contribution in [2.45, 2.75) is 12.8 Å². The zero-order valence-electron chi connectivity index (χ0n) is 9.46. The number of sulfonamides is 1. The van der Waals surface area contributed by atoms with E-state index >= 15 is 0 Å². The smallest absolute Gasteiger partial charge is 0.234 e. The van der Waals surface area contributed by atoms with Crippen molar-refractivity contribution in [3.8, 4) is 0 Å². The van der Waals surface area contributed by atoms with E-state index < -0.39 is 10.0 Å². The Balaban J connectivity index is 2.69. The van der Waals surface area contributed by atoms with Crippen molar-refractivity contribution in [1.82, 2.24) is 0 Å². The first-order chi connectivity index (χ1) is 7.58. The normalized spacial score (nSPS) is 11.4. The minimum atomic E-state index is -3.21. The van der Waals surface area contributed by atoms with E-state index in [2.05, 4.69) is 0 Å². The molecule has 1 aromatic rings. The molecule has 2 N–H and O–H groups in total. The Morgan fingerprint density at radius 3 is 2.38 bits per heavy atom. The number of nitrogens with two attached hydrogens (primary N) is 1. The van der Waals surface area contributed by atoms with Gasteiger partial charge in [0, 0.05) is 7.05 Å². The van der Waals surface area contributed by atoms with Crippen LogP contribution in [0.5, 0.6) is 0 Å². The highest BCUT2D eigenvalue weighted by atomic mass is 32.2. The van der Waals surface area contributed by atoms with Crippen LogP contribution >= 0.6 is 0 Å². The van der Waals surface area contributed by atoms with Gasteiger partial charge in [0.1, 0.15) is 0 Å². The van der Waals surface area contributed by atoms with Crippen molar-refractivity contribution in [3.63, 3.8) is 0 Å². The lowest BCUT2D eigenvalue weighted by atomic mass is 10.3. The predicted octanol–water partition coefficient (Wildman–Crippen LogP) is 1.19. The minimum Gasteiger partial charge on any atom is -0.330 e. The molecule has 0 saturated carbocycles. The minimum absolute atomic E-state index is 0.148. The van der Waals surface area contributed by atoms with Crippen LogP contribution in [0.25, 0.3) is 0 Å². The fourth-order valence-electron chi connectivity index (χ4n) is 1.36. The van der Waals surface area contributed by atoms with Gasteiger partial charge in [-0.05, 0) is 31.5 Å². The monoisotopic (exact) mass is 242 g/mol. The van der Waals surface area contributed by atoms with Crippen molar-refractivity contribution >= 4 is 15.7 Å². The summed E-state index contributed by atoms with van der Waals surface area (Å²) in [5.41, 5.74) is 6.03. The number of unbranched alkanes of at least 4 members (excludes halogenated alkanes) is 1. The van der Waals surface area contributed by atoms with Crippen LogP contribution in [0.3, 0.4) is 0 Å². The highest BCUT2D eigenvalue weighted by Crippen LogP contribution is 2.15. The fraction of sp³-hybridized carbons (Fsp3) is 0.455. The van der Waals surface area contributed by atoms with E-state index in [4.69, 9.17) is 5.73 Å². The largest absolute Gasteiger partial charge is 0.330 e. The van der Waals surface area contributed by atoms with Gasteiger partial charge >= 0.3 is 0 Å². The molecule has 4 nitrogen and oxygen atoms in total. The number of para-hydroxylation sites is 1. The Kier molecular flexibility index (Phi) is 4.76. The second-order valence-corrected chi connectivity index (χ2v) is 5.73. The molecule has 90 valence electrons. The van der Waals surface area contributed by atoms with Crippen molar-refractivity contribution in [2.75, 3.05) is 23.7 Å². The summed E-state index contributed by atoms with van der Waals surface area (Å²) < 4.78 is 25.1. The molecule has 0 aromatic heterocycles. The lowest BCUT2D eigenvalue weighted by molar-refractivity contribution is 0.590. The van der Waals surface area contributed by atoms with Crippen LogP contribution in [0, 0.1) is 0 Å². The molecule has 1 aromatic carbocycles. The van der Waals surface area contributed by atoms with Gasteiger partial charge < -0.3 is 5.73 Å². The van der Waals surface area contributed by atoms with Crippen LogP contribution in [0.15, 0.2) is 30.3 Å². The molecule has 16 heavy (non-hydrogen) atoms. The second kappa shape index (κ2) is 5.86. The fourth-order valence-corrected chi connectivity index (χ4v) is 2.65. The van der Waals surface area contributed by atoms with Gasteiger partial charge in [0.25, 0.3) is 0 Å². The Labute approximate surface area is 97.1 Å². The lowest BCUT2D eigenvalue weighted by Crippen LogP contribution is -2.29. The topological polar surface area (TPSA) is 63.4 Å². The maximum atomic E-state index is 11.9. The maximum Gasteiger partial charge on any atom is 0.234 e. The summed E-state index contributed by atoms with van der Waals surface area (Å²) >= 11 is 0. The van der Waals surface area contributed by atoms with Gasteiger partial charge in [-0.15, -0.1) is 0 Å². The van der Waals surface area contributed by atoms with E-state index in [0.29, 0.717) is 18.7 Å². The molecule has 0 aliphatic heterocycles. The first kappa shape index (κ1) is 13.0. The number of nitrogens with zero attached hydrogens (tertiary/aromatic N) is 1. The van der Waals surface area contributed by atoms with Gasteiger partial charge in [-0.2, -0.15) is 0 Å². The van der Waals surface area contributed by atoms with Gasteiger partial charge in [0.2, 0.25) is 10.0 Å². The second-order valence-electron chi connectivity index (χ2n) is 3.61. The molecule has 0 bridgehead atoms. The van der Waals surface area contributed by atoms with Gasteiger partial charge in [-0.3, -0.25) is 4.31 Å². The highest BCUT2D eigenvalue weighted by Gasteiger charge is 2.17. The molecular weight excluding hydrogens is 224 g/mol. The van der Waals surface area contributed by atoms with Gasteiger partial charge in [0.15, 0.2) is 0 Å². The molecule has 0 radical (unpaired) electrons. The van der Waals surface area contributed by atoms with Gasteiger partial charge in [-0.25, -0.2) is 8.42 Å². The van der Waals surface area contributed by atoms with E-state index in [9.17, 15) is 8.42 Å². The van der Waals surface area contributed by atoms with Crippen molar-refractivity contribution < 1.29 is 8.42 Å². The van der Waals surface area contributed by atoms with E-state index in [0.717, 1.165) is 6.42 Å². The first-order valence-electron chi connectivity index (χ1n) is 5.29. The predicted molar refractivity (Wildman–Crippen MR) is 66.9 cm³/mol. The van der Waals surface area contributed by atoms with E-state index in [1.54, 1.807) is 19.2 Å². The molecule has 0 aliphatic rings. The Hall–Kier alpha value is -1.07. The quantitative estimate of drug-likeness (QED) is 0.762. The molecule has 5 heteroatoms. The highest BCUT2D eigenvalue weighted by molar-refractivity contribution is 7.92. The number of hydrogen-bond donors (Lipinski definition) is 1. The first-order valence-corrected chi connectivity index (χ1v) is 6.90. The molecule has 0 saturated heterocycles. The molecule has 0 atom stereocenters. The summed E-state index contributed by atoms with van der Waals surface area (Å²) in [6.45, 7) is 0.532. The number of rotatable bonds is 6. The standard InChI is InChI=1S/C11H18N2O2S/c1-13(11-7-3-2-4-8-11)16(14,15)10-6-5-9-12/h2-4,7-8H,5-6,9-10,12H2,1H3. The average Bonchev–Trinajstić information content (AvgIpc) is 2.29. The van der Waals surface area contributed by atoms with E-state index in [-0.39, 0.29) is 5.75 Å². The van der Waals surface area contributed by atoms with Crippen molar-refractivity contribution in [1.29, 1.82) is 0 Å². The molecule has 0 aliphatic carbocycles. The molecular formula is C11H18N2O2S. The van der Waals surface area contributed by atoms with Crippen molar-refractivity contribution in [3.05, 3.63) is 30.3 Å².